The lowest BCUT2D eigenvalue weighted by molar-refractivity contribution is -0.132. The molecule has 1 unspecified atom stereocenters. The second kappa shape index (κ2) is 15.0. The van der Waals surface area contributed by atoms with E-state index in [1.807, 2.05) is 30.0 Å². The first-order valence-corrected chi connectivity index (χ1v) is 14.0. The molecule has 1 aromatic carbocycles. The van der Waals surface area contributed by atoms with Gasteiger partial charge in [-0.1, -0.05) is 26.2 Å². The number of unbranched alkanes of at least 4 members (excludes halogenated alkanes) is 2. The average molecular weight is 501 g/mol. The number of nitrogens with one attached hydrogen (secondary N) is 1. The van der Waals surface area contributed by atoms with Gasteiger partial charge in [0.25, 0.3) is 0 Å². The number of ether oxygens (including phenoxy) is 1. The zero-order valence-electron chi connectivity index (χ0n) is 21.9. The largest absolute Gasteiger partial charge is 0.494 e. The molecular weight excluding hydrogens is 456 g/mol. The summed E-state index contributed by atoms with van der Waals surface area (Å²) in [6, 6.07) is 5.77. The van der Waals surface area contributed by atoms with Crippen molar-refractivity contribution in [2.24, 2.45) is 5.92 Å². The zero-order chi connectivity index (χ0) is 25.8. The van der Waals surface area contributed by atoms with Crippen LogP contribution in [0.3, 0.4) is 0 Å². The van der Waals surface area contributed by atoms with Gasteiger partial charge < -0.3 is 20.1 Å². The van der Waals surface area contributed by atoms with Crippen molar-refractivity contribution in [1.29, 1.82) is 0 Å². The minimum absolute atomic E-state index is 0.0575. The molecule has 0 bridgehead atoms. The SMILES string of the molecule is CCC(O)C(=O)CCCCN(CC1CCCCC1)C(=O)CCCCOc1ccc2c(c1)CCC(=O)N2. The number of anilines is 1. The average Bonchev–Trinajstić information content (AvgIpc) is 2.90. The Hall–Kier alpha value is -2.41. The molecule has 2 amide bonds. The Morgan fingerprint density at radius 2 is 1.86 bits per heavy atom. The van der Waals surface area contributed by atoms with E-state index in [0.717, 1.165) is 49.2 Å². The standard InChI is InChI=1S/C29H44N2O5/c1-2-26(32)27(33)12-6-8-18-31(21-22-10-4-3-5-11-22)29(35)13-7-9-19-36-24-15-16-25-23(20-24)14-17-28(34)30-25/h15-16,20,22,26,32H,2-14,17-19,21H2,1H3,(H,30,34). The molecule has 2 N–H and O–H groups in total. The number of fused-ring (bicyclic) bond motifs is 1. The van der Waals surface area contributed by atoms with Gasteiger partial charge in [0.15, 0.2) is 5.78 Å². The Balaban J connectivity index is 1.39. The van der Waals surface area contributed by atoms with E-state index in [0.29, 0.717) is 51.2 Å². The molecule has 1 atom stereocenters. The van der Waals surface area contributed by atoms with Crippen molar-refractivity contribution < 1.29 is 24.2 Å². The van der Waals surface area contributed by atoms with E-state index in [1.54, 1.807) is 0 Å². The summed E-state index contributed by atoms with van der Waals surface area (Å²) in [5.41, 5.74) is 1.97. The molecule has 1 aromatic rings. The Morgan fingerprint density at radius 3 is 2.64 bits per heavy atom. The van der Waals surface area contributed by atoms with Crippen LogP contribution in [0.15, 0.2) is 18.2 Å². The van der Waals surface area contributed by atoms with Gasteiger partial charge in [0, 0.05) is 38.0 Å². The number of aryl methyl sites for hydroxylation is 1. The van der Waals surface area contributed by atoms with E-state index in [4.69, 9.17) is 4.74 Å². The molecule has 200 valence electrons. The minimum Gasteiger partial charge on any atom is -0.494 e. The van der Waals surface area contributed by atoms with Gasteiger partial charge in [-0.3, -0.25) is 14.4 Å². The number of nitrogens with zero attached hydrogens (tertiary/aromatic N) is 1. The van der Waals surface area contributed by atoms with Crippen molar-refractivity contribution in [3.8, 4) is 5.75 Å². The fourth-order valence-electron chi connectivity index (χ4n) is 5.17. The Labute approximate surface area is 216 Å². The van der Waals surface area contributed by atoms with E-state index < -0.39 is 6.10 Å². The molecule has 0 spiro atoms. The molecule has 1 aliphatic carbocycles. The number of carbonyl (C=O) groups is 3. The van der Waals surface area contributed by atoms with E-state index in [1.165, 1.54) is 32.1 Å². The van der Waals surface area contributed by atoms with Gasteiger partial charge in [-0.2, -0.15) is 0 Å². The topological polar surface area (TPSA) is 95.9 Å². The lowest BCUT2D eigenvalue weighted by Gasteiger charge is -2.30. The number of amides is 2. The third-order valence-corrected chi connectivity index (χ3v) is 7.44. The van der Waals surface area contributed by atoms with E-state index >= 15 is 0 Å². The molecule has 36 heavy (non-hydrogen) atoms. The van der Waals surface area contributed by atoms with Gasteiger partial charge in [0.2, 0.25) is 11.8 Å². The Bertz CT molecular complexity index is 865. The number of carbonyl (C=O) groups excluding carboxylic acids is 3. The maximum Gasteiger partial charge on any atom is 0.224 e. The summed E-state index contributed by atoms with van der Waals surface area (Å²) in [4.78, 5) is 38.5. The Kier molecular flexibility index (Phi) is 11.7. The number of hydrogen-bond donors (Lipinski definition) is 2. The maximum atomic E-state index is 13.1. The third kappa shape index (κ3) is 9.23. The molecule has 3 rings (SSSR count). The van der Waals surface area contributed by atoms with Crippen LogP contribution in [-0.4, -0.2) is 53.4 Å². The van der Waals surface area contributed by atoms with Gasteiger partial charge in [-0.15, -0.1) is 0 Å². The van der Waals surface area contributed by atoms with Crippen molar-refractivity contribution in [3.63, 3.8) is 0 Å². The molecule has 1 fully saturated rings. The van der Waals surface area contributed by atoms with E-state index in [-0.39, 0.29) is 17.6 Å². The van der Waals surface area contributed by atoms with Crippen LogP contribution in [0.1, 0.15) is 96.0 Å². The summed E-state index contributed by atoms with van der Waals surface area (Å²) in [5, 5.41) is 12.6. The number of aliphatic hydroxyl groups is 1. The van der Waals surface area contributed by atoms with Crippen molar-refractivity contribution in [2.75, 3.05) is 25.0 Å². The Morgan fingerprint density at radius 1 is 1.08 bits per heavy atom. The summed E-state index contributed by atoms with van der Waals surface area (Å²) in [7, 11) is 0. The lowest BCUT2D eigenvalue weighted by atomic mass is 9.89. The maximum absolute atomic E-state index is 13.1. The predicted octanol–water partition coefficient (Wildman–Crippen LogP) is 5.04. The molecule has 0 radical (unpaired) electrons. The van der Waals surface area contributed by atoms with Crippen LogP contribution >= 0.6 is 0 Å². The monoisotopic (exact) mass is 500 g/mol. The summed E-state index contributed by atoms with van der Waals surface area (Å²) >= 11 is 0. The molecule has 0 saturated heterocycles. The first kappa shape index (κ1) is 28.2. The van der Waals surface area contributed by atoms with E-state index in [2.05, 4.69) is 5.32 Å². The number of aliphatic hydroxyl groups excluding tert-OH is 1. The summed E-state index contributed by atoms with van der Waals surface area (Å²) < 4.78 is 5.90. The smallest absolute Gasteiger partial charge is 0.224 e. The predicted molar refractivity (Wildman–Crippen MR) is 141 cm³/mol. The third-order valence-electron chi connectivity index (χ3n) is 7.44. The van der Waals surface area contributed by atoms with E-state index in [9.17, 15) is 19.5 Å². The summed E-state index contributed by atoms with van der Waals surface area (Å²) in [6.45, 7) is 3.88. The first-order chi connectivity index (χ1) is 17.5. The van der Waals surface area contributed by atoms with Gasteiger partial charge in [-0.25, -0.2) is 0 Å². The van der Waals surface area contributed by atoms with Crippen molar-refractivity contribution in [2.45, 2.75) is 103 Å². The number of ketones is 1. The molecular formula is C29H44N2O5. The molecule has 7 nitrogen and oxygen atoms in total. The van der Waals surface area contributed by atoms with Crippen LogP contribution in [0.4, 0.5) is 5.69 Å². The van der Waals surface area contributed by atoms with Gasteiger partial charge in [0.1, 0.15) is 11.9 Å². The van der Waals surface area contributed by atoms with Crippen LogP contribution in [-0.2, 0) is 20.8 Å². The number of hydrogen-bond acceptors (Lipinski definition) is 5. The molecule has 7 heteroatoms. The highest BCUT2D eigenvalue weighted by Gasteiger charge is 2.21. The molecule has 0 aromatic heterocycles. The molecule has 1 heterocycles. The number of rotatable bonds is 15. The zero-order valence-corrected chi connectivity index (χ0v) is 21.9. The normalized spacial score (nSPS) is 16.7. The fourth-order valence-corrected chi connectivity index (χ4v) is 5.17. The van der Waals surface area contributed by atoms with Crippen LogP contribution < -0.4 is 10.1 Å². The second-order valence-corrected chi connectivity index (χ2v) is 10.4. The number of benzene rings is 1. The van der Waals surface area contributed by atoms with Crippen LogP contribution in [0.25, 0.3) is 0 Å². The minimum atomic E-state index is -0.852. The van der Waals surface area contributed by atoms with Crippen LogP contribution in [0.5, 0.6) is 5.75 Å². The second-order valence-electron chi connectivity index (χ2n) is 10.4. The van der Waals surface area contributed by atoms with Crippen LogP contribution in [0.2, 0.25) is 0 Å². The summed E-state index contributed by atoms with van der Waals surface area (Å²) in [6.07, 6.45) is 11.0. The fraction of sp³-hybridized carbons (Fsp3) is 0.690. The molecule has 1 saturated carbocycles. The highest BCUT2D eigenvalue weighted by atomic mass is 16.5. The highest BCUT2D eigenvalue weighted by Crippen LogP contribution is 2.27. The quantitative estimate of drug-likeness (QED) is 0.329. The van der Waals surface area contributed by atoms with Gasteiger partial charge in [-0.05, 0) is 81.0 Å². The van der Waals surface area contributed by atoms with Gasteiger partial charge >= 0.3 is 0 Å². The first-order valence-electron chi connectivity index (χ1n) is 14.0. The molecule has 1 aliphatic heterocycles. The highest BCUT2D eigenvalue weighted by molar-refractivity contribution is 5.94. The van der Waals surface area contributed by atoms with Gasteiger partial charge in [0.05, 0.1) is 6.61 Å². The van der Waals surface area contributed by atoms with Crippen molar-refractivity contribution >= 4 is 23.3 Å². The van der Waals surface area contributed by atoms with Crippen molar-refractivity contribution in [3.05, 3.63) is 23.8 Å². The number of Topliss-reactive ketones (excluding diaryl/α,β-unsaturated/α-hetero) is 1. The lowest BCUT2D eigenvalue weighted by Crippen LogP contribution is -2.36. The van der Waals surface area contributed by atoms with Crippen LogP contribution in [0, 0.1) is 5.92 Å². The molecule has 2 aliphatic rings. The summed E-state index contributed by atoms with van der Waals surface area (Å²) in [5.74, 6) is 1.56. The van der Waals surface area contributed by atoms with Crippen molar-refractivity contribution in [1.82, 2.24) is 4.90 Å².